The molecular formula is C21H24N2O2S3. The lowest BCUT2D eigenvalue weighted by Crippen LogP contribution is -2.00. The van der Waals surface area contributed by atoms with Crippen molar-refractivity contribution in [1.82, 2.24) is 9.38 Å². The van der Waals surface area contributed by atoms with E-state index in [1.54, 1.807) is 23.5 Å². The normalized spacial score (nSPS) is 12.4. The lowest BCUT2D eigenvalue weighted by Gasteiger charge is -2.14. The highest BCUT2D eigenvalue weighted by atomic mass is 32.2. The van der Waals surface area contributed by atoms with Crippen molar-refractivity contribution in [3.8, 4) is 0 Å². The highest BCUT2D eigenvalue weighted by molar-refractivity contribution is 7.99. The van der Waals surface area contributed by atoms with Crippen LogP contribution in [0.4, 0.5) is 0 Å². The summed E-state index contributed by atoms with van der Waals surface area (Å²) < 4.78 is 22.0. The fourth-order valence-electron chi connectivity index (χ4n) is 3.21. The number of benzene rings is 1. The number of aromatic nitrogens is 2. The van der Waals surface area contributed by atoms with Crippen molar-refractivity contribution in [3.63, 3.8) is 0 Å². The van der Waals surface area contributed by atoms with E-state index in [9.17, 15) is 4.21 Å². The average molecular weight is 433 g/mol. The number of allylic oxidation sites excluding steroid dienone is 1. The number of imidazole rings is 1. The molecule has 0 spiro atoms. The zero-order chi connectivity index (χ0) is 20.1. The molecule has 0 saturated heterocycles. The Hall–Kier alpha value is -1.54. The van der Waals surface area contributed by atoms with E-state index in [1.165, 1.54) is 16.0 Å². The molecule has 0 aliphatic rings. The van der Waals surface area contributed by atoms with E-state index in [4.69, 9.17) is 9.54 Å². The molecule has 1 atom stereocenters. The maximum atomic E-state index is 10.9. The van der Waals surface area contributed by atoms with E-state index >= 15 is 0 Å². The molecule has 1 aromatic carbocycles. The molecule has 7 heteroatoms. The number of fused-ring (bicyclic) bond motifs is 1. The molecule has 4 nitrogen and oxygen atoms in total. The third kappa shape index (κ3) is 4.89. The van der Waals surface area contributed by atoms with Crippen molar-refractivity contribution in [2.45, 2.75) is 29.7 Å². The zero-order valence-corrected chi connectivity index (χ0v) is 18.5. The van der Waals surface area contributed by atoms with Gasteiger partial charge in [-0.2, -0.15) is 0 Å². The first-order chi connectivity index (χ1) is 13.5. The van der Waals surface area contributed by atoms with Gasteiger partial charge in [0.2, 0.25) is 0 Å². The highest BCUT2D eigenvalue weighted by Crippen LogP contribution is 2.33. The predicted octanol–water partition coefficient (Wildman–Crippen LogP) is 5.32. The Balaban J connectivity index is 1.90. The summed E-state index contributed by atoms with van der Waals surface area (Å²) in [5.74, 6) is 1.05. The Bertz CT molecular complexity index is 1010. The molecule has 0 bridgehead atoms. The van der Waals surface area contributed by atoms with Crippen molar-refractivity contribution >= 4 is 45.8 Å². The van der Waals surface area contributed by atoms with Crippen LogP contribution in [-0.2, 0) is 17.5 Å². The van der Waals surface area contributed by atoms with Crippen LogP contribution in [0.3, 0.4) is 0 Å². The summed E-state index contributed by atoms with van der Waals surface area (Å²) in [5, 5.41) is 0.968. The summed E-state index contributed by atoms with van der Waals surface area (Å²) in [5.41, 5.74) is 5.55. The molecule has 1 N–H and O–H groups in total. The quantitative estimate of drug-likeness (QED) is 0.282. The second-order valence-corrected chi connectivity index (χ2v) is 9.44. The SMILES string of the molecule is C=C(Cc1c(SCCCS(=O)O)nc2ccccn12)c1c(C)cccc1SC. The summed E-state index contributed by atoms with van der Waals surface area (Å²) in [6, 6.07) is 12.3. The zero-order valence-electron chi connectivity index (χ0n) is 16.1. The molecule has 0 fully saturated rings. The van der Waals surface area contributed by atoms with Gasteiger partial charge in [-0.25, -0.2) is 9.19 Å². The van der Waals surface area contributed by atoms with Crippen LogP contribution in [0.25, 0.3) is 11.2 Å². The minimum absolute atomic E-state index is 0.294. The number of nitrogens with zero attached hydrogens (tertiary/aromatic N) is 2. The molecule has 0 aliphatic carbocycles. The molecule has 3 aromatic rings. The van der Waals surface area contributed by atoms with Gasteiger partial charge in [0.15, 0.2) is 11.1 Å². The number of thioether (sulfide) groups is 2. The molecule has 1 unspecified atom stereocenters. The van der Waals surface area contributed by atoms with E-state index in [1.807, 2.05) is 24.4 Å². The van der Waals surface area contributed by atoms with E-state index in [-0.39, 0.29) is 0 Å². The summed E-state index contributed by atoms with van der Waals surface area (Å²) in [7, 11) is 0. The molecule has 0 aliphatic heterocycles. The first-order valence-corrected chi connectivity index (χ1v) is 12.5. The fourth-order valence-corrected chi connectivity index (χ4v) is 5.48. The summed E-state index contributed by atoms with van der Waals surface area (Å²) in [4.78, 5) is 6.02. The maximum absolute atomic E-state index is 10.9. The van der Waals surface area contributed by atoms with Gasteiger partial charge in [-0.15, -0.1) is 23.5 Å². The minimum atomic E-state index is -1.74. The van der Waals surface area contributed by atoms with Gasteiger partial charge in [0.1, 0.15) is 10.7 Å². The number of pyridine rings is 1. The van der Waals surface area contributed by atoms with Crippen LogP contribution in [0.15, 0.2) is 59.1 Å². The number of hydrogen-bond donors (Lipinski definition) is 1. The van der Waals surface area contributed by atoms with Gasteiger partial charge >= 0.3 is 0 Å². The first kappa shape index (κ1) is 21.2. The Morgan fingerprint density at radius 2 is 2.11 bits per heavy atom. The van der Waals surface area contributed by atoms with Crippen molar-refractivity contribution in [1.29, 1.82) is 0 Å². The smallest absolute Gasteiger partial charge is 0.152 e. The van der Waals surface area contributed by atoms with Gasteiger partial charge in [-0.3, -0.25) is 0 Å². The van der Waals surface area contributed by atoms with Crippen molar-refractivity contribution in [2.75, 3.05) is 17.8 Å². The third-order valence-electron chi connectivity index (χ3n) is 4.48. The van der Waals surface area contributed by atoms with Crippen LogP contribution in [0.2, 0.25) is 0 Å². The largest absolute Gasteiger partial charge is 0.306 e. The van der Waals surface area contributed by atoms with Crippen LogP contribution in [0.1, 0.15) is 23.2 Å². The van der Waals surface area contributed by atoms with Gasteiger partial charge in [0.05, 0.1) is 11.4 Å². The van der Waals surface area contributed by atoms with Gasteiger partial charge in [-0.1, -0.05) is 24.8 Å². The molecule has 3 rings (SSSR count). The van der Waals surface area contributed by atoms with Gasteiger partial charge < -0.3 is 8.95 Å². The minimum Gasteiger partial charge on any atom is -0.306 e. The van der Waals surface area contributed by atoms with Crippen LogP contribution in [0, 0.1) is 6.92 Å². The lowest BCUT2D eigenvalue weighted by molar-refractivity contribution is 0.563. The second kappa shape index (κ2) is 9.78. The summed E-state index contributed by atoms with van der Waals surface area (Å²) in [6.07, 6.45) is 5.51. The molecule has 28 heavy (non-hydrogen) atoms. The first-order valence-electron chi connectivity index (χ1n) is 8.99. The van der Waals surface area contributed by atoms with Crippen LogP contribution >= 0.6 is 23.5 Å². The van der Waals surface area contributed by atoms with Gasteiger partial charge in [0.25, 0.3) is 0 Å². The van der Waals surface area contributed by atoms with Crippen molar-refractivity contribution in [2.24, 2.45) is 0 Å². The molecular weight excluding hydrogens is 408 g/mol. The third-order valence-corrected chi connectivity index (χ3v) is 6.99. The van der Waals surface area contributed by atoms with Crippen LogP contribution in [-0.4, -0.2) is 35.9 Å². The molecule has 148 valence electrons. The monoisotopic (exact) mass is 432 g/mol. The predicted molar refractivity (Wildman–Crippen MR) is 122 cm³/mol. The summed E-state index contributed by atoms with van der Waals surface area (Å²) in [6.45, 7) is 6.52. The maximum Gasteiger partial charge on any atom is 0.152 e. The van der Waals surface area contributed by atoms with Crippen molar-refractivity contribution < 1.29 is 8.76 Å². The Kier molecular flexibility index (Phi) is 7.40. The number of hydrogen-bond acceptors (Lipinski definition) is 4. The van der Waals surface area contributed by atoms with Crippen molar-refractivity contribution in [3.05, 3.63) is 66.0 Å². The van der Waals surface area contributed by atoms with Crippen LogP contribution < -0.4 is 0 Å². The highest BCUT2D eigenvalue weighted by Gasteiger charge is 2.16. The Labute approximate surface area is 177 Å². The fraction of sp³-hybridized carbons (Fsp3) is 0.286. The molecule has 2 heterocycles. The lowest BCUT2D eigenvalue weighted by atomic mass is 9.98. The molecule has 0 amide bonds. The van der Waals surface area contributed by atoms with Crippen LogP contribution in [0.5, 0.6) is 0 Å². The Morgan fingerprint density at radius 1 is 1.29 bits per heavy atom. The molecule has 0 radical (unpaired) electrons. The topological polar surface area (TPSA) is 54.6 Å². The molecule has 0 saturated carbocycles. The summed E-state index contributed by atoms with van der Waals surface area (Å²) >= 11 is 1.64. The number of rotatable bonds is 9. The van der Waals surface area contributed by atoms with E-state index in [0.29, 0.717) is 18.6 Å². The standard InChI is InChI=1S/C21H24N2O2S3/c1-15-8-6-9-18(26-3)20(15)16(2)14-17-21(27-12-7-13-28(24)25)22-19-10-4-5-11-23(17)19/h4-6,8-11H,2,7,12-14H2,1,3H3,(H,24,25). The van der Waals surface area contributed by atoms with Gasteiger partial charge in [-0.05, 0) is 54.5 Å². The molecule has 2 aromatic heterocycles. The second-order valence-electron chi connectivity index (χ2n) is 6.45. The Morgan fingerprint density at radius 3 is 2.86 bits per heavy atom. The van der Waals surface area contributed by atoms with E-state index in [0.717, 1.165) is 27.7 Å². The van der Waals surface area contributed by atoms with E-state index in [2.05, 4.69) is 42.4 Å². The average Bonchev–Trinajstić information content (AvgIpc) is 3.02. The van der Waals surface area contributed by atoms with E-state index < -0.39 is 11.1 Å². The number of aryl methyl sites for hydroxylation is 1. The van der Waals surface area contributed by atoms with Gasteiger partial charge in [0, 0.05) is 23.3 Å².